The van der Waals surface area contributed by atoms with Crippen LogP contribution in [0.15, 0.2) is 78.9 Å². The highest BCUT2D eigenvalue weighted by molar-refractivity contribution is 6.30. The van der Waals surface area contributed by atoms with E-state index in [4.69, 9.17) is 21.1 Å². The van der Waals surface area contributed by atoms with Crippen LogP contribution in [0, 0.1) is 0 Å². The molecule has 3 rings (SSSR count). The summed E-state index contributed by atoms with van der Waals surface area (Å²) >= 11 is 5.94. The van der Waals surface area contributed by atoms with Crippen LogP contribution in [0.5, 0.6) is 11.5 Å². The molecule has 0 aromatic heterocycles. The van der Waals surface area contributed by atoms with E-state index in [1.807, 2.05) is 86.6 Å². The predicted octanol–water partition coefficient (Wildman–Crippen LogP) is 7.15. The van der Waals surface area contributed by atoms with Crippen molar-refractivity contribution in [3.63, 3.8) is 0 Å². The Labute approximate surface area is 176 Å². The Balaban J connectivity index is 1.59. The van der Waals surface area contributed by atoms with E-state index in [9.17, 15) is 4.79 Å². The molecule has 1 atom stereocenters. The lowest BCUT2D eigenvalue weighted by molar-refractivity contribution is -0.142. The molecule has 0 radical (unpaired) electrons. The molecule has 4 heteroatoms. The number of ether oxygens (including phenoxy) is 2. The zero-order chi connectivity index (χ0) is 20.6. The number of benzene rings is 3. The first-order valence-corrected chi connectivity index (χ1v) is 9.94. The average Bonchev–Trinajstić information content (AvgIpc) is 2.74. The van der Waals surface area contributed by atoms with Crippen molar-refractivity contribution < 1.29 is 14.3 Å². The summed E-state index contributed by atoms with van der Waals surface area (Å²) in [7, 11) is 0. The Kier molecular flexibility index (Phi) is 7.09. The molecule has 0 N–H and O–H groups in total. The average molecular weight is 407 g/mol. The number of rotatable bonds is 7. The van der Waals surface area contributed by atoms with E-state index >= 15 is 0 Å². The molecular weight excluding hydrogens is 384 g/mol. The second kappa shape index (κ2) is 9.94. The number of esters is 1. The maximum Gasteiger partial charge on any atom is 0.331 e. The van der Waals surface area contributed by atoms with E-state index in [0.717, 1.165) is 39.6 Å². The van der Waals surface area contributed by atoms with E-state index in [0.29, 0.717) is 0 Å². The van der Waals surface area contributed by atoms with Gasteiger partial charge < -0.3 is 9.47 Å². The van der Waals surface area contributed by atoms with Crippen LogP contribution in [0.2, 0.25) is 5.02 Å². The monoisotopic (exact) mass is 406 g/mol. The molecule has 0 aliphatic rings. The van der Waals surface area contributed by atoms with Gasteiger partial charge in [0.05, 0.1) is 6.10 Å². The van der Waals surface area contributed by atoms with E-state index in [1.54, 1.807) is 6.08 Å². The third-order valence-corrected chi connectivity index (χ3v) is 4.70. The fraction of sp³-hybridized carbons (Fsp3) is 0.160. The smallest absolute Gasteiger partial charge is 0.331 e. The zero-order valence-corrected chi connectivity index (χ0v) is 17.2. The molecule has 3 aromatic carbocycles. The molecule has 0 bridgehead atoms. The van der Waals surface area contributed by atoms with Crippen molar-refractivity contribution in [1.82, 2.24) is 0 Å². The van der Waals surface area contributed by atoms with Crippen LogP contribution < -0.4 is 4.74 Å². The summed E-state index contributed by atoms with van der Waals surface area (Å²) in [6.07, 6.45) is 3.90. The van der Waals surface area contributed by atoms with Crippen molar-refractivity contribution in [2.75, 3.05) is 0 Å². The zero-order valence-electron chi connectivity index (χ0n) is 16.5. The van der Waals surface area contributed by atoms with Gasteiger partial charge in [-0.15, -0.1) is 0 Å². The lowest BCUT2D eigenvalue weighted by atomic mass is 10.1. The summed E-state index contributed by atoms with van der Waals surface area (Å²) in [5.74, 6) is 1.15. The van der Waals surface area contributed by atoms with Gasteiger partial charge in [-0.3, -0.25) is 0 Å². The van der Waals surface area contributed by atoms with Crippen LogP contribution in [-0.2, 0) is 9.53 Å². The molecule has 0 aliphatic heterocycles. The van der Waals surface area contributed by atoms with Gasteiger partial charge in [0.2, 0.25) is 0 Å². The third-order valence-electron chi connectivity index (χ3n) is 4.45. The molecule has 0 amide bonds. The summed E-state index contributed by atoms with van der Waals surface area (Å²) in [4.78, 5) is 11.7. The van der Waals surface area contributed by atoms with E-state index in [1.165, 1.54) is 6.08 Å². The normalized spacial score (nSPS) is 12.0. The highest BCUT2D eigenvalue weighted by Crippen LogP contribution is 2.27. The van der Waals surface area contributed by atoms with Gasteiger partial charge >= 0.3 is 5.97 Å². The predicted molar refractivity (Wildman–Crippen MR) is 118 cm³/mol. The summed E-state index contributed by atoms with van der Waals surface area (Å²) < 4.78 is 11.1. The van der Waals surface area contributed by atoms with Gasteiger partial charge in [0, 0.05) is 11.1 Å². The molecule has 0 saturated heterocycles. The van der Waals surface area contributed by atoms with Crippen molar-refractivity contribution in [3.8, 4) is 22.6 Å². The Morgan fingerprint density at radius 1 is 0.897 bits per heavy atom. The Bertz CT molecular complexity index is 958. The summed E-state index contributed by atoms with van der Waals surface area (Å²) in [5.41, 5.74) is 3.10. The van der Waals surface area contributed by atoms with Crippen molar-refractivity contribution >= 4 is 23.6 Å². The van der Waals surface area contributed by atoms with Gasteiger partial charge in [0.1, 0.15) is 11.5 Å². The van der Waals surface area contributed by atoms with E-state index in [2.05, 4.69) is 0 Å². The van der Waals surface area contributed by atoms with Gasteiger partial charge in [-0.05, 0) is 72.5 Å². The molecule has 1 unspecified atom stereocenters. The van der Waals surface area contributed by atoms with Crippen LogP contribution >= 0.6 is 11.6 Å². The lowest BCUT2D eigenvalue weighted by Crippen LogP contribution is -2.11. The minimum Gasteiger partial charge on any atom is -0.460 e. The van der Waals surface area contributed by atoms with Crippen LogP contribution in [-0.4, -0.2) is 12.1 Å². The Hall–Kier alpha value is -3.04. The SMILES string of the molecule is CCC(C)OC(=O)C=Cc1ccc(Oc2ccc(-c3ccc(Cl)cc3)cc2)cc1. The van der Waals surface area contributed by atoms with Crippen LogP contribution in [0.25, 0.3) is 17.2 Å². The molecule has 0 saturated carbocycles. The van der Waals surface area contributed by atoms with E-state index in [-0.39, 0.29) is 12.1 Å². The quantitative estimate of drug-likeness (QED) is 0.308. The minimum atomic E-state index is -0.333. The summed E-state index contributed by atoms with van der Waals surface area (Å²) in [5, 5.41) is 0.722. The van der Waals surface area contributed by atoms with E-state index < -0.39 is 0 Å². The van der Waals surface area contributed by atoms with Gasteiger partial charge in [-0.1, -0.05) is 54.9 Å². The van der Waals surface area contributed by atoms with Crippen LogP contribution in [0.1, 0.15) is 25.8 Å². The minimum absolute atomic E-state index is 0.0750. The maximum atomic E-state index is 11.7. The number of halogens is 1. The number of carbonyl (C=O) groups excluding carboxylic acids is 1. The van der Waals surface area contributed by atoms with Crippen LogP contribution in [0.4, 0.5) is 0 Å². The largest absolute Gasteiger partial charge is 0.460 e. The lowest BCUT2D eigenvalue weighted by Gasteiger charge is -2.08. The highest BCUT2D eigenvalue weighted by Gasteiger charge is 2.04. The van der Waals surface area contributed by atoms with Gasteiger partial charge in [0.15, 0.2) is 0 Å². The molecule has 3 nitrogen and oxygen atoms in total. The molecule has 148 valence electrons. The summed E-state index contributed by atoms with van der Waals surface area (Å²) in [6, 6.07) is 23.1. The first-order valence-electron chi connectivity index (χ1n) is 9.56. The Morgan fingerprint density at radius 3 is 1.97 bits per heavy atom. The van der Waals surface area contributed by atoms with Crippen molar-refractivity contribution in [2.45, 2.75) is 26.4 Å². The molecule has 0 aliphatic carbocycles. The van der Waals surface area contributed by atoms with Gasteiger partial charge in [0.25, 0.3) is 0 Å². The first kappa shape index (κ1) is 20.7. The fourth-order valence-electron chi connectivity index (χ4n) is 2.63. The summed E-state index contributed by atoms with van der Waals surface area (Å²) in [6.45, 7) is 3.85. The molecule has 0 fully saturated rings. The van der Waals surface area contributed by atoms with Gasteiger partial charge in [-0.25, -0.2) is 4.79 Å². The molecule has 0 heterocycles. The molecular formula is C25H23ClO3. The first-order chi connectivity index (χ1) is 14.0. The highest BCUT2D eigenvalue weighted by atomic mass is 35.5. The molecule has 29 heavy (non-hydrogen) atoms. The Morgan fingerprint density at radius 2 is 1.41 bits per heavy atom. The van der Waals surface area contributed by atoms with Crippen molar-refractivity contribution in [2.24, 2.45) is 0 Å². The second-order valence-corrected chi connectivity index (χ2v) is 7.13. The third kappa shape index (κ3) is 6.23. The molecule has 3 aromatic rings. The number of carbonyl (C=O) groups is 1. The van der Waals surface area contributed by atoms with Gasteiger partial charge in [-0.2, -0.15) is 0 Å². The maximum absolute atomic E-state index is 11.7. The standard InChI is InChI=1S/C25H23ClO3/c1-3-18(2)28-25(27)17-6-19-4-13-23(14-5-19)29-24-15-9-21(10-16-24)20-7-11-22(26)12-8-20/h4-18H,3H2,1-2H3. The van der Waals surface area contributed by atoms with Crippen molar-refractivity contribution in [1.29, 1.82) is 0 Å². The number of hydrogen-bond acceptors (Lipinski definition) is 3. The fourth-order valence-corrected chi connectivity index (χ4v) is 2.75. The van der Waals surface area contributed by atoms with Crippen LogP contribution in [0.3, 0.4) is 0 Å². The topological polar surface area (TPSA) is 35.5 Å². The number of hydrogen-bond donors (Lipinski definition) is 0. The second-order valence-electron chi connectivity index (χ2n) is 6.69. The van der Waals surface area contributed by atoms with Crippen molar-refractivity contribution in [3.05, 3.63) is 89.5 Å². The molecule has 0 spiro atoms.